The average Bonchev–Trinajstić information content (AvgIpc) is 3.75. The molecule has 1 aliphatic heterocycles. The van der Waals surface area contributed by atoms with Gasteiger partial charge in [-0.1, -0.05) is 79.7 Å². The lowest BCUT2D eigenvalue weighted by molar-refractivity contribution is 0.0592. The standard InChI is InChI=1S/C37H38FN5O2S/c1-2-19-43(36(44)31-17-9-10-18-32(31)38)25-30-16-11-20-42(30)26-34-39-33(27-46-34)37(45)41-23-21-40(22-24-41)35(28-12-5-3-6-13-28)29-14-7-4-8-15-29/h3-18,20,27,35H,2,19,21-26H2,1H3. The number of aromatic nitrogens is 2. The first kappa shape index (κ1) is 31.4. The number of benzene rings is 3. The van der Waals surface area contributed by atoms with E-state index in [9.17, 15) is 14.0 Å². The average molecular weight is 636 g/mol. The van der Waals surface area contributed by atoms with Crippen molar-refractivity contribution in [1.82, 2.24) is 24.3 Å². The predicted molar refractivity (Wildman–Crippen MR) is 179 cm³/mol. The Labute approximate surface area is 273 Å². The normalized spacial score (nSPS) is 13.7. The molecule has 0 atom stereocenters. The molecule has 0 N–H and O–H groups in total. The number of thiazole rings is 1. The molecule has 7 nitrogen and oxygen atoms in total. The van der Waals surface area contributed by atoms with E-state index in [1.165, 1.54) is 34.6 Å². The summed E-state index contributed by atoms with van der Waals surface area (Å²) < 4.78 is 16.4. The Morgan fingerprint density at radius 3 is 2.17 bits per heavy atom. The van der Waals surface area contributed by atoms with Gasteiger partial charge in [-0.05, 0) is 41.8 Å². The molecule has 236 valence electrons. The van der Waals surface area contributed by atoms with Crippen molar-refractivity contribution >= 4 is 23.2 Å². The molecular formula is C37H38FN5O2S. The van der Waals surface area contributed by atoms with Crippen LogP contribution in [0.3, 0.4) is 0 Å². The van der Waals surface area contributed by atoms with Gasteiger partial charge in [-0.25, -0.2) is 9.37 Å². The number of rotatable bonds is 11. The van der Waals surface area contributed by atoms with Crippen LogP contribution in [0.15, 0.2) is 109 Å². The van der Waals surface area contributed by atoms with Gasteiger partial charge in [0.2, 0.25) is 0 Å². The van der Waals surface area contributed by atoms with Crippen LogP contribution in [0, 0.1) is 5.82 Å². The van der Waals surface area contributed by atoms with Gasteiger partial charge >= 0.3 is 0 Å². The second kappa shape index (κ2) is 14.7. The number of carbonyl (C=O) groups is 2. The minimum Gasteiger partial charge on any atom is -0.343 e. The molecule has 9 heteroatoms. The van der Waals surface area contributed by atoms with E-state index in [4.69, 9.17) is 4.98 Å². The van der Waals surface area contributed by atoms with E-state index in [-0.39, 0.29) is 23.4 Å². The lowest BCUT2D eigenvalue weighted by Crippen LogP contribution is -2.50. The van der Waals surface area contributed by atoms with Gasteiger partial charge in [0, 0.05) is 50.0 Å². The molecule has 3 heterocycles. The van der Waals surface area contributed by atoms with E-state index < -0.39 is 5.82 Å². The number of hydrogen-bond donors (Lipinski definition) is 0. The third-order valence-electron chi connectivity index (χ3n) is 8.44. The minimum absolute atomic E-state index is 0.0459. The van der Waals surface area contributed by atoms with E-state index in [0.29, 0.717) is 38.4 Å². The van der Waals surface area contributed by atoms with Crippen LogP contribution >= 0.6 is 11.3 Å². The van der Waals surface area contributed by atoms with Crippen molar-refractivity contribution in [3.05, 3.63) is 148 Å². The molecule has 0 radical (unpaired) electrons. The molecule has 6 rings (SSSR count). The van der Waals surface area contributed by atoms with Crippen molar-refractivity contribution in [3.63, 3.8) is 0 Å². The van der Waals surface area contributed by atoms with Crippen molar-refractivity contribution in [3.8, 4) is 0 Å². The van der Waals surface area contributed by atoms with E-state index in [1.807, 2.05) is 52.2 Å². The van der Waals surface area contributed by atoms with Crippen LogP contribution in [0.1, 0.15) is 62.1 Å². The molecule has 2 amide bonds. The van der Waals surface area contributed by atoms with Crippen LogP contribution in [-0.2, 0) is 13.1 Å². The summed E-state index contributed by atoms with van der Waals surface area (Å²) in [6.45, 7) is 6.14. The molecule has 0 saturated carbocycles. The van der Waals surface area contributed by atoms with Crippen molar-refractivity contribution in [1.29, 1.82) is 0 Å². The van der Waals surface area contributed by atoms with Crippen molar-refractivity contribution in [2.75, 3.05) is 32.7 Å². The molecule has 46 heavy (non-hydrogen) atoms. The lowest BCUT2D eigenvalue weighted by atomic mass is 9.96. The number of nitrogens with zero attached hydrogens (tertiary/aromatic N) is 5. The first-order chi connectivity index (χ1) is 22.5. The zero-order chi connectivity index (χ0) is 31.9. The largest absolute Gasteiger partial charge is 0.343 e. The highest BCUT2D eigenvalue weighted by Gasteiger charge is 2.29. The highest BCUT2D eigenvalue weighted by Crippen LogP contribution is 2.30. The van der Waals surface area contributed by atoms with Crippen LogP contribution in [0.2, 0.25) is 0 Å². The van der Waals surface area contributed by atoms with Crippen molar-refractivity contribution < 1.29 is 14.0 Å². The number of hydrogen-bond acceptors (Lipinski definition) is 5. The van der Waals surface area contributed by atoms with E-state index in [1.54, 1.807) is 17.0 Å². The summed E-state index contributed by atoms with van der Waals surface area (Å²) in [6, 6.07) is 31.2. The quantitative estimate of drug-likeness (QED) is 0.162. The van der Waals surface area contributed by atoms with Gasteiger partial charge in [0.15, 0.2) is 0 Å². The summed E-state index contributed by atoms with van der Waals surface area (Å²) in [5.41, 5.74) is 3.96. The van der Waals surface area contributed by atoms with E-state index >= 15 is 0 Å². The number of carbonyl (C=O) groups excluding carboxylic acids is 2. The van der Waals surface area contributed by atoms with Gasteiger partial charge in [0.25, 0.3) is 11.8 Å². The highest BCUT2D eigenvalue weighted by molar-refractivity contribution is 7.09. The third kappa shape index (κ3) is 7.11. The summed E-state index contributed by atoms with van der Waals surface area (Å²) in [5.74, 6) is -0.887. The van der Waals surface area contributed by atoms with Crippen molar-refractivity contribution in [2.45, 2.75) is 32.5 Å². The van der Waals surface area contributed by atoms with Gasteiger partial charge in [-0.15, -0.1) is 11.3 Å². The Hall–Kier alpha value is -4.60. The molecule has 0 unspecified atom stereocenters. The molecular weight excluding hydrogens is 598 g/mol. The Morgan fingerprint density at radius 1 is 0.870 bits per heavy atom. The number of piperazine rings is 1. The van der Waals surface area contributed by atoms with E-state index in [2.05, 4.69) is 53.4 Å². The zero-order valence-corrected chi connectivity index (χ0v) is 26.8. The van der Waals surface area contributed by atoms with Crippen LogP contribution < -0.4 is 0 Å². The van der Waals surface area contributed by atoms with Crippen molar-refractivity contribution in [2.24, 2.45) is 0 Å². The monoisotopic (exact) mass is 635 g/mol. The fourth-order valence-corrected chi connectivity index (χ4v) is 6.89. The Balaban J connectivity index is 1.09. The van der Waals surface area contributed by atoms with E-state index in [0.717, 1.165) is 30.2 Å². The first-order valence-electron chi connectivity index (χ1n) is 15.8. The lowest BCUT2D eigenvalue weighted by Gasteiger charge is -2.39. The topological polar surface area (TPSA) is 61.7 Å². The molecule has 0 spiro atoms. The van der Waals surface area contributed by atoms with Crippen LogP contribution in [0.5, 0.6) is 0 Å². The fraction of sp³-hybridized carbons (Fsp3) is 0.270. The smallest absolute Gasteiger partial charge is 0.273 e. The summed E-state index contributed by atoms with van der Waals surface area (Å²) in [5, 5.41) is 2.66. The minimum atomic E-state index is -0.516. The molecule has 1 saturated heterocycles. The Kier molecular flexibility index (Phi) is 10.0. The second-order valence-electron chi connectivity index (χ2n) is 11.5. The van der Waals surface area contributed by atoms with Crippen LogP contribution in [-0.4, -0.2) is 68.8 Å². The fourth-order valence-electron chi connectivity index (χ4n) is 6.13. The van der Waals surface area contributed by atoms with Gasteiger partial charge in [0.1, 0.15) is 16.5 Å². The second-order valence-corrected chi connectivity index (χ2v) is 12.5. The Bertz CT molecular complexity index is 1710. The predicted octanol–water partition coefficient (Wildman–Crippen LogP) is 6.73. The number of amides is 2. The highest BCUT2D eigenvalue weighted by atomic mass is 32.1. The molecule has 0 aliphatic carbocycles. The number of halogens is 1. The third-order valence-corrected chi connectivity index (χ3v) is 9.27. The maximum absolute atomic E-state index is 14.4. The van der Waals surface area contributed by atoms with Gasteiger partial charge in [-0.2, -0.15) is 0 Å². The molecule has 3 aromatic carbocycles. The van der Waals surface area contributed by atoms with Crippen LogP contribution in [0.4, 0.5) is 4.39 Å². The zero-order valence-electron chi connectivity index (χ0n) is 26.0. The molecule has 1 aliphatic rings. The summed E-state index contributed by atoms with van der Waals surface area (Å²) in [7, 11) is 0. The summed E-state index contributed by atoms with van der Waals surface area (Å²) in [4.78, 5) is 37.5. The SMILES string of the molecule is CCCN(Cc1cccn1Cc1nc(C(=O)N2CCN(C(c3ccccc3)c3ccccc3)CC2)cs1)C(=O)c1ccccc1F. The Morgan fingerprint density at radius 2 is 1.52 bits per heavy atom. The molecule has 0 bridgehead atoms. The van der Waals surface area contributed by atoms with Gasteiger partial charge in [-0.3, -0.25) is 14.5 Å². The maximum atomic E-state index is 14.4. The molecule has 2 aromatic heterocycles. The molecule has 1 fully saturated rings. The van der Waals surface area contributed by atoms with Gasteiger partial charge < -0.3 is 14.4 Å². The molecule has 5 aromatic rings. The van der Waals surface area contributed by atoms with Crippen LogP contribution in [0.25, 0.3) is 0 Å². The summed E-state index contributed by atoms with van der Waals surface area (Å²) in [6.07, 6.45) is 2.71. The maximum Gasteiger partial charge on any atom is 0.273 e. The van der Waals surface area contributed by atoms with Gasteiger partial charge in [0.05, 0.1) is 24.7 Å². The first-order valence-corrected chi connectivity index (χ1v) is 16.6. The summed E-state index contributed by atoms with van der Waals surface area (Å²) >= 11 is 1.46.